The van der Waals surface area contributed by atoms with E-state index in [1.165, 1.54) is 53.1 Å². The summed E-state index contributed by atoms with van der Waals surface area (Å²) in [6, 6.07) is 15.0. The lowest BCUT2D eigenvalue weighted by Gasteiger charge is -2.26. The van der Waals surface area contributed by atoms with Crippen molar-refractivity contribution in [1.29, 1.82) is 0 Å². The quantitative estimate of drug-likeness (QED) is 0.314. The first kappa shape index (κ1) is 25.7. The number of phenols is 1. The molecule has 0 amide bonds. The van der Waals surface area contributed by atoms with Gasteiger partial charge in [-0.1, -0.05) is 12.5 Å². The molecular weight excluding hydrogens is 528 g/mol. The molecule has 38 heavy (non-hydrogen) atoms. The van der Waals surface area contributed by atoms with Crippen LogP contribution in [0.1, 0.15) is 19.3 Å². The minimum Gasteiger partial charge on any atom is -0.504 e. The van der Waals surface area contributed by atoms with Crippen molar-refractivity contribution >= 4 is 48.1 Å². The first-order chi connectivity index (χ1) is 18.3. The van der Waals surface area contributed by atoms with E-state index in [0.29, 0.717) is 24.2 Å². The molecule has 2 N–H and O–H groups in total. The minimum absolute atomic E-state index is 0.00344. The van der Waals surface area contributed by atoms with Crippen LogP contribution in [-0.2, 0) is 20.0 Å². The van der Waals surface area contributed by atoms with Gasteiger partial charge in [0.25, 0.3) is 10.0 Å². The molecule has 1 aliphatic rings. The van der Waals surface area contributed by atoms with Crippen molar-refractivity contribution in [3.63, 3.8) is 0 Å². The Hall–Kier alpha value is -3.94. The second-order valence-corrected chi connectivity index (χ2v) is 12.2. The lowest BCUT2D eigenvalue weighted by atomic mass is 10.2. The molecule has 0 bridgehead atoms. The zero-order valence-corrected chi connectivity index (χ0v) is 21.7. The molecule has 2 aromatic heterocycles. The van der Waals surface area contributed by atoms with Gasteiger partial charge in [-0.25, -0.2) is 21.8 Å². The number of piperidine rings is 1. The molecule has 0 unspecified atom stereocenters. The van der Waals surface area contributed by atoms with E-state index in [2.05, 4.69) is 24.9 Å². The number of hydrogen-bond donors (Lipinski definition) is 2. The number of phenolic OH excluding ortho intramolecular Hbond substituents is 1. The molecule has 3 heterocycles. The molecule has 1 fully saturated rings. The summed E-state index contributed by atoms with van der Waals surface area (Å²) in [5.74, 6) is -0.118. The average Bonchev–Trinajstić information content (AvgIpc) is 2.94. The fraction of sp³-hybridized carbons (Fsp3) is 0.200. The highest BCUT2D eigenvalue weighted by Crippen LogP contribution is 2.39. The topological polar surface area (TPSA) is 154 Å². The number of sulfonamides is 2. The third-order valence-electron chi connectivity index (χ3n) is 6.06. The Morgan fingerprint density at radius 2 is 1.58 bits per heavy atom. The van der Waals surface area contributed by atoms with Gasteiger partial charge < -0.3 is 5.11 Å². The van der Waals surface area contributed by atoms with Crippen LogP contribution >= 0.6 is 0 Å². The highest BCUT2D eigenvalue weighted by Gasteiger charge is 2.29. The summed E-state index contributed by atoms with van der Waals surface area (Å²) in [4.78, 5) is 8.12. The smallest absolute Gasteiger partial charge is 0.263 e. The van der Waals surface area contributed by atoms with E-state index in [9.17, 15) is 21.9 Å². The molecule has 4 aromatic rings. The van der Waals surface area contributed by atoms with Crippen LogP contribution in [0.5, 0.6) is 5.75 Å². The molecule has 2 aromatic carbocycles. The SMILES string of the molecule is O=S(=O)(Nc1ccccn1)c1ccc(N=Nc2cc(S(=O)(=O)N3CCCCC3)c3cccnc3c2O)cc1. The zero-order chi connectivity index (χ0) is 26.8. The van der Waals surface area contributed by atoms with Crippen LogP contribution in [0.15, 0.2) is 93.1 Å². The molecule has 0 radical (unpaired) electrons. The normalized spacial score (nSPS) is 15.2. The monoisotopic (exact) mass is 552 g/mol. The van der Waals surface area contributed by atoms with Crippen molar-refractivity contribution in [2.24, 2.45) is 10.2 Å². The largest absolute Gasteiger partial charge is 0.504 e. The number of anilines is 1. The van der Waals surface area contributed by atoms with Crippen molar-refractivity contribution in [3.05, 3.63) is 73.1 Å². The van der Waals surface area contributed by atoms with Gasteiger partial charge in [0, 0.05) is 30.9 Å². The van der Waals surface area contributed by atoms with Crippen LogP contribution in [0.4, 0.5) is 17.2 Å². The van der Waals surface area contributed by atoms with E-state index < -0.39 is 20.0 Å². The maximum Gasteiger partial charge on any atom is 0.263 e. The second-order valence-electron chi connectivity index (χ2n) is 8.62. The van der Waals surface area contributed by atoms with Crippen molar-refractivity contribution < 1.29 is 21.9 Å². The van der Waals surface area contributed by atoms with Crippen molar-refractivity contribution in [2.75, 3.05) is 17.8 Å². The molecule has 1 saturated heterocycles. The van der Waals surface area contributed by atoms with E-state index in [1.807, 2.05) is 0 Å². The average molecular weight is 553 g/mol. The Morgan fingerprint density at radius 1 is 0.842 bits per heavy atom. The van der Waals surface area contributed by atoms with E-state index in [1.54, 1.807) is 24.3 Å². The minimum atomic E-state index is -3.87. The number of aromatic nitrogens is 2. The number of pyridine rings is 2. The number of aromatic hydroxyl groups is 1. The Kier molecular flexibility index (Phi) is 7.06. The van der Waals surface area contributed by atoms with Crippen LogP contribution in [0.2, 0.25) is 0 Å². The van der Waals surface area contributed by atoms with Gasteiger partial charge in [0.2, 0.25) is 10.0 Å². The summed E-state index contributed by atoms with van der Waals surface area (Å²) in [5.41, 5.74) is 0.324. The Balaban J connectivity index is 1.46. The molecule has 11 nitrogen and oxygen atoms in total. The van der Waals surface area contributed by atoms with Gasteiger partial charge in [0.05, 0.1) is 15.5 Å². The Morgan fingerprint density at radius 3 is 2.29 bits per heavy atom. The maximum atomic E-state index is 13.5. The third kappa shape index (κ3) is 5.21. The van der Waals surface area contributed by atoms with Gasteiger partial charge in [0.15, 0.2) is 5.75 Å². The first-order valence-electron chi connectivity index (χ1n) is 11.8. The molecule has 1 aliphatic heterocycles. The van der Waals surface area contributed by atoms with Gasteiger partial charge in [-0.2, -0.15) is 9.42 Å². The second kappa shape index (κ2) is 10.4. The van der Waals surface area contributed by atoms with Crippen LogP contribution in [0, 0.1) is 0 Å². The lowest BCUT2D eigenvalue weighted by Crippen LogP contribution is -2.35. The molecule has 0 aliphatic carbocycles. The van der Waals surface area contributed by atoms with Crippen molar-refractivity contribution in [2.45, 2.75) is 29.1 Å². The fourth-order valence-electron chi connectivity index (χ4n) is 4.14. The fourth-order valence-corrected chi connectivity index (χ4v) is 6.87. The first-order valence-corrected chi connectivity index (χ1v) is 14.7. The summed E-state index contributed by atoms with van der Waals surface area (Å²) in [7, 11) is -7.72. The molecule has 196 valence electrons. The van der Waals surface area contributed by atoms with E-state index in [0.717, 1.165) is 19.3 Å². The number of nitrogens with one attached hydrogen (secondary N) is 1. The predicted molar refractivity (Wildman–Crippen MR) is 142 cm³/mol. The van der Waals surface area contributed by atoms with Gasteiger partial charge in [-0.15, -0.1) is 5.11 Å². The molecule has 5 rings (SSSR count). The van der Waals surface area contributed by atoms with Gasteiger partial charge in [0.1, 0.15) is 17.0 Å². The third-order valence-corrected chi connectivity index (χ3v) is 9.37. The van der Waals surface area contributed by atoms with Gasteiger partial charge >= 0.3 is 0 Å². The maximum absolute atomic E-state index is 13.5. The Bertz CT molecular complexity index is 1700. The molecule has 0 spiro atoms. The Labute approximate surface area is 220 Å². The molecular formula is C25H24N6O5S2. The number of fused-ring (bicyclic) bond motifs is 1. The van der Waals surface area contributed by atoms with Crippen LogP contribution < -0.4 is 4.72 Å². The number of hydrogen-bond acceptors (Lipinski definition) is 9. The standard InChI is InChI=1S/C25H24N6O5S2/c32-25-21(17-22(20-7-6-14-27-24(20)25)38(35,36)31-15-4-1-5-16-31)29-28-18-9-11-19(12-10-18)37(33,34)30-23-8-2-3-13-26-23/h2-3,6-14,17,32H,1,4-5,15-16H2,(H,26,30). The molecule has 0 saturated carbocycles. The summed E-state index contributed by atoms with van der Waals surface area (Å²) in [6.45, 7) is 0.846. The number of rotatable bonds is 7. The number of nitrogens with zero attached hydrogens (tertiary/aromatic N) is 5. The summed E-state index contributed by atoms with van der Waals surface area (Å²) in [6.07, 6.45) is 5.47. The van der Waals surface area contributed by atoms with Gasteiger partial charge in [-0.05, 0) is 67.4 Å². The summed E-state index contributed by atoms with van der Waals surface area (Å²) < 4.78 is 56.0. The van der Waals surface area contributed by atoms with Crippen molar-refractivity contribution in [3.8, 4) is 5.75 Å². The summed E-state index contributed by atoms with van der Waals surface area (Å²) in [5, 5.41) is 19.3. The van der Waals surface area contributed by atoms with Crippen LogP contribution in [0.3, 0.4) is 0 Å². The number of benzene rings is 2. The van der Waals surface area contributed by atoms with E-state index in [4.69, 9.17) is 0 Å². The number of azo groups is 1. The summed E-state index contributed by atoms with van der Waals surface area (Å²) >= 11 is 0. The van der Waals surface area contributed by atoms with Crippen molar-refractivity contribution in [1.82, 2.24) is 14.3 Å². The zero-order valence-electron chi connectivity index (χ0n) is 20.1. The highest BCUT2D eigenvalue weighted by molar-refractivity contribution is 7.92. The van der Waals surface area contributed by atoms with Crippen LogP contribution in [0.25, 0.3) is 10.9 Å². The predicted octanol–water partition coefficient (Wildman–Crippen LogP) is 4.73. The lowest BCUT2D eigenvalue weighted by molar-refractivity contribution is 0.347. The molecule has 13 heteroatoms. The van der Waals surface area contributed by atoms with Gasteiger partial charge in [-0.3, -0.25) is 9.71 Å². The molecule has 0 atom stereocenters. The van der Waals surface area contributed by atoms with E-state index >= 15 is 0 Å². The van der Waals surface area contributed by atoms with Crippen LogP contribution in [-0.4, -0.2) is 49.3 Å². The highest BCUT2D eigenvalue weighted by atomic mass is 32.2. The van der Waals surface area contributed by atoms with E-state index in [-0.39, 0.29) is 32.6 Å².